The van der Waals surface area contributed by atoms with Gasteiger partial charge in [0.15, 0.2) is 0 Å². The van der Waals surface area contributed by atoms with Crippen LogP contribution in [0.2, 0.25) is 0 Å². The Balaban J connectivity index is 2.17. The fourth-order valence-electron chi connectivity index (χ4n) is 1.24. The van der Waals surface area contributed by atoms with E-state index in [0.29, 0.717) is 13.1 Å². The number of amides is 1. The van der Waals surface area contributed by atoms with E-state index in [9.17, 15) is 14.4 Å². The largest absolute Gasteiger partial charge is 0.480 e. The maximum atomic E-state index is 11.3. The highest BCUT2D eigenvalue weighted by molar-refractivity contribution is 5.78. The molecule has 0 radical (unpaired) electrons. The lowest BCUT2D eigenvalue weighted by atomic mass is 10.1. The Morgan fingerprint density at radius 3 is 2.83 bits per heavy atom. The van der Waals surface area contributed by atoms with Crippen LogP contribution in [-0.4, -0.2) is 34.3 Å². The molecule has 1 unspecified atom stereocenters. The Hall–Kier alpha value is -2.09. The van der Waals surface area contributed by atoms with E-state index in [-0.39, 0.29) is 18.7 Å². The SMILES string of the molecule is NC(CCC(=O)NCCn1ccc(=O)o1)C(=O)O. The molecular formula is C10H15N3O5. The predicted molar refractivity (Wildman–Crippen MR) is 60.8 cm³/mol. The van der Waals surface area contributed by atoms with Gasteiger partial charge in [-0.05, 0) is 6.42 Å². The van der Waals surface area contributed by atoms with Gasteiger partial charge in [-0.1, -0.05) is 0 Å². The summed E-state index contributed by atoms with van der Waals surface area (Å²) in [6.07, 6.45) is 1.59. The Labute approximate surface area is 102 Å². The second-order valence-corrected chi connectivity index (χ2v) is 3.70. The van der Waals surface area contributed by atoms with Crippen molar-refractivity contribution in [2.24, 2.45) is 5.73 Å². The fourth-order valence-corrected chi connectivity index (χ4v) is 1.24. The van der Waals surface area contributed by atoms with Crippen LogP contribution in [0.4, 0.5) is 0 Å². The second kappa shape index (κ2) is 6.60. The van der Waals surface area contributed by atoms with Crippen LogP contribution < -0.4 is 16.7 Å². The van der Waals surface area contributed by atoms with Gasteiger partial charge in [-0.15, -0.1) is 0 Å². The summed E-state index contributed by atoms with van der Waals surface area (Å²) in [7, 11) is 0. The molecule has 1 aromatic heterocycles. The second-order valence-electron chi connectivity index (χ2n) is 3.70. The Kier molecular flexibility index (Phi) is 5.12. The number of aliphatic carboxylic acids is 1. The maximum absolute atomic E-state index is 11.3. The van der Waals surface area contributed by atoms with Crippen molar-refractivity contribution in [2.45, 2.75) is 25.4 Å². The van der Waals surface area contributed by atoms with E-state index in [1.54, 1.807) is 0 Å². The number of nitrogens with one attached hydrogen (secondary N) is 1. The van der Waals surface area contributed by atoms with E-state index in [4.69, 9.17) is 15.4 Å². The van der Waals surface area contributed by atoms with Crippen LogP contribution in [0.3, 0.4) is 0 Å². The number of carbonyl (C=O) groups is 2. The molecule has 0 spiro atoms. The molecule has 0 saturated carbocycles. The van der Waals surface area contributed by atoms with Gasteiger partial charge < -0.3 is 20.7 Å². The summed E-state index contributed by atoms with van der Waals surface area (Å²) in [6, 6.07) is 0.242. The van der Waals surface area contributed by atoms with E-state index < -0.39 is 17.6 Å². The number of nitrogens with two attached hydrogens (primary N) is 1. The van der Waals surface area contributed by atoms with Crippen molar-refractivity contribution in [3.8, 4) is 0 Å². The molecule has 4 N–H and O–H groups in total. The number of nitrogens with zero attached hydrogens (tertiary/aromatic N) is 1. The van der Waals surface area contributed by atoms with Gasteiger partial charge in [0.2, 0.25) is 5.91 Å². The van der Waals surface area contributed by atoms with Crippen molar-refractivity contribution in [2.75, 3.05) is 6.54 Å². The van der Waals surface area contributed by atoms with Crippen LogP contribution in [0.15, 0.2) is 21.6 Å². The molecule has 1 atom stereocenters. The summed E-state index contributed by atoms with van der Waals surface area (Å²) in [5.41, 5.74) is 4.80. The highest BCUT2D eigenvalue weighted by Gasteiger charge is 2.13. The molecule has 1 heterocycles. The summed E-state index contributed by atoms with van der Waals surface area (Å²) in [5, 5.41) is 11.1. The fraction of sp³-hybridized carbons (Fsp3) is 0.500. The molecule has 0 fully saturated rings. The lowest BCUT2D eigenvalue weighted by molar-refractivity contribution is -0.138. The molecule has 8 heteroatoms. The Bertz CT molecular complexity index is 464. The monoisotopic (exact) mass is 257 g/mol. The summed E-state index contributed by atoms with van der Waals surface area (Å²) >= 11 is 0. The van der Waals surface area contributed by atoms with E-state index in [2.05, 4.69) is 5.32 Å². The van der Waals surface area contributed by atoms with Crippen LogP contribution >= 0.6 is 0 Å². The minimum atomic E-state index is -1.13. The van der Waals surface area contributed by atoms with Gasteiger partial charge in [0.1, 0.15) is 6.04 Å². The van der Waals surface area contributed by atoms with Crippen LogP contribution in [0, 0.1) is 0 Å². The molecule has 0 aliphatic rings. The molecule has 0 aliphatic carbocycles. The number of hydrogen-bond acceptors (Lipinski definition) is 5. The molecule has 0 bridgehead atoms. The van der Waals surface area contributed by atoms with Crippen molar-refractivity contribution in [1.29, 1.82) is 0 Å². The average molecular weight is 257 g/mol. The third-order valence-corrected chi connectivity index (χ3v) is 2.24. The standard InChI is InChI=1S/C10H15N3O5/c11-7(10(16)17)1-2-8(14)12-4-6-13-5-3-9(15)18-13/h3,5,7H,1-2,4,6,11H2,(H,12,14)(H,16,17). The summed E-state index contributed by atoms with van der Waals surface area (Å²) in [6.45, 7) is 0.623. The van der Waals surface area contributed by atoms with Gasteiger partial charge in [0.05, 0.1) is 6.54 Å². The van der Waals surface area contributed by atoms with Gasteiger partial charge in [0, 0.05) is 25.2 Å². The maximum Gasteiger partial charge on any atom is 0.357 e. The van der Waals surface area contributed by atoms with Crippen molar-refractivity contribution >= 4 is 11.9 Å². The topological polar surface area (TPSA) is 128 Å². The van der Waals surface area contributed by atoms with Crippen LogP contribution in [0.25, 0.3) is 0 Å². The van der Waals surface area contributed by atoms with E-state index in [1.807, 2.05) is 0 Å². The molecular weight excluding hydrogens is 242 g/mol. The molecule has 1 aromatic rings. The quantitative estimate of drug-likeness (QED) is 0.560. The highest BCUT2D eigenvalue weighted by Crippen LogP contribution is 1.94. The molecule has 0 aromatic carbocycles. The first-order valence-electron chi connectivity index (χ1n) is 5.41. The van der Waals surface area contributed by atoms with E-state index >= 15 is 0 Å². The van der Waals surface area contributed by atoms with E-state index in [0.717, 1.165) is 0 Å². The number of hydrogen-bond donors (Lipinski definition) is 3. The Morgan fingerprint density at radius 2 is 2.28 bits per heavy atom. The van der Waals surface area contributed by atoms with Gasteiger partial charge in [-0.3, -0.25) is 9.59 Å². The lowest BCUT2D eigenvalue weighted by Crippen LogP contribution is -2.33. The number of carbonyl (C=O) groups excluding carboxylic acids is 1. The van der Waals surface area contributed by atoms with Gasteiger partial charge >= 0.3 is 11.6 Å². The smallest absolute Gasteiger partial charge is 0.357 e. The molecule has 18 heavy (non-hydrogen) atoms. The minimum Gasteiger partial charge on any atom is -0.480 e. The molecule has 0 aliphatic heterocycles. The highest BCUT2D eigenvalue weighted by atomic mass is 16.5. The van der Waals surface area contributed by atoms with Crippen molar-refractivity contribution in [1.82, 2.24) is 10.1 Å². The first kappa shape index (κ1) is 14.0. The van der Waals surface area contributed by atoms with Gasteiger partial charge in [-0.2, -0.15) is 0 Å². The normalized spacial score (nSPS) is 12.1. The van der Waals surface area contributed by atoms with Crippen molar-refractivity contribution in [3.05, 3.63) is 22.7 Å². The molecule has 100 valence electrons. The van der Waals surface area contributed by atoms with E-state index in [1.165, 1.54) is 17.0 Å². The third-order valence-electron chi connectivity index (χ3n) is 2.24. The number of carboxylic acid groups (broad SMARTS) is 1. The van der Waals surface area contributed by atoms with Gasteiger partial charge in [0.25, 0.3) is 0 Å². The zero-order valence-corrected chi connectivity index (χ0v) is 9.67. The molecule has 0 saturated heterocycles. The predicted octanol–water partition coefficient (Wildman–Crippen LogP) is -1.25. The van der Waals surface area contributed by atoms with Crippen LogP contribution in [-0.2, 0) is 16.1 Å². The summed E-state index contributed by atoms with van der Waals surface area (Å²) in [4.78, 5) is 32.4. The number of carboxylic acids is 1. The first-order valence-corrected chi connectivity index (χ1v) is 5.41. The van der Waals surface area contributed by atoms with Crippen LogP contribution in [0.1, 0.15) is 12.8 Å². The van der Waals surface area contributed by atoms with Crippen molar-refractivity contribution in [3.63, 3.8) is 0 Å². The number of aromatic nitrogens is 1. The average Bonchev–Trinajstić information content (AvgIpc) is 2.71. The molecule has 1 amide bonds. The summed E-state index contributed by atoms with van der Waals surface area (Å²) < 4.78 is 6.00. The molecule has 8 nitrogen and oxygen atoms in total. The first-order chi connectivity index (χ1) is 8.49. The Morgan fingerprint density at radius 1 is 1.56 bits per heavy atom. The van der Waals surface area contributed by atoms with Gasteiger partial charge in [-0.25, -0.2) is 9.53 Å². The summed E-state index contributed by atoms with van der Waals surface area (Å²) in [5.74, 6) is -1.42. The van der Waals surface area contributed by atoms with Crippen molar-refractivity contribution < 1.29 is 19.2 Å². The zero-order chi connectivity index (χ0) is 13.5. The number of rotatable bonds is 7. The van der Waals surface area contributed by atoms with Crippen LogP contribution in [0.5, 0.6) is 0 Å². The zero-order valence-electron chi connectivity index (χ0n) is 9.67. The third kappa shape index (κ3) is 4.83. The lowest BCUT2D eigenvalue weighted by Gasteiger charge is -2.07. The molecule has 1 rings (SSSR count). The minimum absolute atomic E-state index is 0.0447.